The number of phenolic OH excluding ortho intramolecular Hbond substituents is 1. The fourth-order valence-electron chi connectivity index (χ4n) is 2.08. The van der Waals surface area contributed by atoms with Crippen LogP contribution in [0.25, 0.3) is 28.0 Å². The van der Waals surface area contributed by atoms with Crippen molar-refractivity contribution in [1.82, 2.24) is 25.1 Å². The molecule has 4 aromatic rings. The van der Waals surface area contributed by atoms with E-state index in [0.717, 1.165) is 4.88 Å². The molecule has 1 aromatic carbocycles. The highest BCUT2D eigenvalue weighted by atomic mass is 32.1. The van der Waals surface area contributed by atoms with Crippen molar-refractivity contribution in [3.05, 3.63) is 41.8 Å². The molecule has 0 unspecified atom stereocenters. The quantitative estimate of drug-likeness (QED) is 0.593. The maximum atomic E-state index is 9.56. The Bertz CT molecular complexity index is 959. The summed E-state index contributed by atoms with van der Waals surface area (Å²) in [5.74, 6) is 1.02. The van der Waals surface area contributed by atoms with Crippen LogP contribution in [0.3, 0.4) is 0 Å². The minimum absolute atomic E-state index is 0.108. The number of hydrogen-bond acceptors (Lipinski definition) is 8. The predicted octanol–water partition coefficient (Wildman–Crippen LogP) is 2.33. The summed E-state index contributed by atoms with van der Waals surface area (Å²) in [5.41, 5.74) is 6.95. The van der Waals surface area contributed by atoms with Gasteiger partial charge < -0.3 is 15.4 Å². The van der Waals surface area contributed by atoms with Gasteiger partial charge in [0.2, 0.25) is 5.82 Å². The van der Waals surface area contributed by atoms with Crippen LogP contribution >= 0.6 is 11.3 Å². The highest BCUT2D eigenvalue weighted by Gasteiger charge is 2.20. The molecule has 4 rings (SSSR count). The number of hydrogen-bond donors (Lipinski definition) is 2. The number of aromatic hydroxyl groups is 1. The molecule has 23 heavy (non-hydrogen) atoms. The van der Waals surface area contributed by atoms with Crippen molar-refractivity contribution in [2.75, 3.05) is 5.73 Å². The third-order valence-corrected chi connectivity index (χ3v) is 4.02. The van der Waals surface area contributed by atoms with Gasteiger partial charge in [0.25, 0.3) is 5.89 Å². The van der Waals surface area contributed by atoms with Gasteiger partial charge in [-0.05, 0) is 23.6 Å². The molecule has 0 saturated carbocycles. The van der Waals surface area contributed by atoms with E-state index < -0.39 is 0 Å². The lowest BCUT2D eigenvalue weighted by atomic mass is 10.3. The van der Waals surface area contributed by atoms with Gasteiger partial charge in [0.05, 0.1) is 10.6 Å². The number of nitrogens with zero attached hydrogens (tertiary/aromatic N) is 5. The molecule has 0 aliphatic heterocycles. The van der Waals surface area contributed by atoms with Gasteiger partial charge in [-0.25, -0.2) is 0 Å². The summed E-state index contributed by atoms with van der Waals surface area (Å²) in [6.45, 7) is 0. The van der Waals surface area contributed by atoms with E-state index in [1.165, 1.54) is 22.1 Å². The third kappa shape index (κ3) is 2.32. The second kappa shape index (κ2) is 5.21. The summed E-state index contributed by atoms with van der Waals surface area (Å²) >= 11 is 1.51. The summed E-state index contributed by atoms with van der Waals surface area (Å²) in [7, 11) is 0. The highest BCUT2D eigenvalue weighted by Crippen LogP contribution is 2.28. The van der Waals surface area contributed by atoms with E-state index in [9.17, 15) is 5.11 Å². The van der Waals surface area contributed by atoms with Crippen molar-refractivity contribution >= 4 is 17.2 Å². The van der Waals surface area contributed by atoms with Crippen molar-refractivity contribution in [3.63, 3.8) is 0 Å². The molecule has 0 amide bonds. The lowest BCUT2D eigenvalue weighted by molar-refractivity contribution is 0.431. The Morgan fingerprint density at radius 3 is 2.91 bits per heavy atom. The highest BCUT2D eigenvalue weighted by molar-refractivity contribution is 7.13. The molecular formula is C14H10N6O2S. The molecule has 8 nitrogen and oxygen atoms in total. The van der Waals surface area contributed by atoms with Crippen LogP contribution in [0.5, 0.6) is 5.75 Å². The van der Waals surface area contributed by atoms with Crippen LogP contribution in [-0.4, -0.2) is 30.2 Å². The molecule has 0 fully saturated rings. The second-order valence-corrected chi connectivity index (χ2v) is 5.60. The average molecular weight is 326 g/mol. The lowest BCUT2D eigenvalue weighted by Gasteiger charge is -2.02. The number of nitrogen functional groups attached to an aromatic ring is 1. The first-order valence-electron chi connectivity index (χ1n) is 6.61. The maximum absolute atomic E-state index is 9.56. The van der Waals surface area contributed by atoms with Crippen LogP contribution in [0, 0.1) is 0 Å². The van der Waals surface area contributed by atoms with E-state index in [1.807, 2.05) is 17.5 Å². The van der Waals surface area contributed by atoms with Gasteiger partial charge in [0.1, 0.15) is 5.75 Å². The summed E-state index contributed by atoms with van der Waals surface area (Å²) in [5, 5.41) is 23.4. The van der Waals surface area contributed by atoms with Crippen molar-refractivity contribution in [2.45, 2.75) is 0 Å². The standard InChI is InChI=1S/C14H10N6O2S/c15-12-11(14-16-13(18-22-14)10-5-2-6-23-10)17-19-20(12)8-3-1-4-9(21)7-8/h1-7,21H,15H2. The molecule has 0 bridgehead atoms. The molecule has 0 saturated heterocycles. The van der Waals surface area contributed by atoms with E-state index in [2.05, 4.69) is 20.5 Å². The number of anilines is 1. The second-order valence-electron chi connectivity index (χ2n) is 4.66. The Morgan fingerprint density at radius 2 is 2.13 bits per heavy atom. The van der Waals surface area contributed by atoms with E-state index in [4.69, 9.17) is 10.3 Å². The molecule has 114 valence electrons. The van der Waals surface area contributed by atoms with Crippen molar-refractivity contribution in [3.8, 4) is 33.7 Å². The van der Waals surface area contributed by atoms with Gasteiger partial charge >= 0.3 is 0 Å². The summed E-state index contributed by atoms with van der Waals surface area (Å²) in [6, 6.07) is 10.3. The van der Waals surface area contributed by atoms with E-state index in [0.29, 0.717) is 17.2 Å². The van der Waals surface area contributed by atoms with Crippen LogP contribution in [0.15, 0.2) is 46.3 Å². The summed E-state index contributed by atoms with van der Waals surface area (Å²) in [6.07, 6.45) is 0. The van der Waals surface area contributed by atoms with E-state index in [1.54, 1.807) is 18.2 Å². The lowest BCUT2D eigenvalue weighted by Crippen LogP contribution is -2.02. The Hall–Kier alpha value is -3.20. The largest absolute Gasteiger partial charge is 0.508 e. The normalized spacial score (nSPS) is 11.0. The smallest absolute Gasteiger partial charge is 0.282 e. The minimum Gasteiger partial charge on any atom is -0.508 e. The van der Waals surface area contributed by atoms with Crippen LogP contribution < -0.4 is 5.73 Å². The first kappa shape index (κ1) is 13.5. The minimum atomic E-state index is 0.108. The molecule has 0 aliphatic rings. The zero-order valence-corrected chi connectivity index (χ0v) is 12.4. The maximum Gasteiger partial charge on any atom is 0.282 e. The van der Waals surface area contributed by atoms with Gasteiger partial charge in [-0.1, -0.05) is 22.5 Å². The topological polar surface area (TPSA) is 116 Å². The first-order valence-corrected chi connectivity index (χ1v) is 7.49. The molecular weight excluding hydrogens is 316 g/mol. The fraction of sp³-hybridized carbons (Fsp3) is 0. The van der Waals surface area contributed by atoms with Gasteiger partial charge in [-0.2, -0.15) is 9.67 Å². The molecule has 0 spiro atoms. The van der Waals surface area contributed by atoms with Crippen LogP contribution in [0.1, 0.15) is 0 Å². The van der Waals surface area contributed by atoms with Gasteiger partial charge in [-0.3, -0.25) is 0 Å². The SMILES string of the molecule is Nc1c(-c2nc(-c3cccs3)no2)nnn1-c1cccc(O)c1. The fourth-order valence-corrected chi connectivity index (χ4v) is 2.73. The molecule has 3 N–H and O–H groups in total. The zero-order chi connectivity index (χ0) is 15.8. The molecule has 9 heteroatoms. The van der Waals surface area contributed by atoms with Crippen molar-refractivity contribution in [1.29, 1.82) is 0 Å². The number of thiophene rings is 1. The average Bonchev–Trinajstić information content (AvgIpc) is 3.27. The first-order chi connectivity index (χ1) is 11.2. The van der Waals surface area contributed by atoms with E-state index >= 15 is 0 Å². The van der Waals surface area contributed by atoms with Crippen molar-refractivity contribution < 1.29 is 9.63 Å². The molecule has 0 aliphatic carbocycles. The number of phenols is 1. The Kier molecular flexibility index (Phi) is 3.05. The Labute approximate surface area is 133 Å². The number of aromatic nitrogens is 5. The Balaban J connectivity index is 1.74. The van der Waals surface area contributed by atoms with Gasteiger partial charge in [0, 0.05) is 6.07 Å². The summed E-state index contributed by atoms with van der Waals surface area (Å²) in [4.78, 5) is 5.18. The van der Waals surface area contributed by atoms with Gasteiger partial charge in [0.15, 0.2) is 11.5 Å². The van der Waals surface area contributed by atoms with Gasteiger partial charge in [-0.15, -0.1) is 16.4 Å². The Morgan fingerprint density at radius 1 is 1.22 bits per heavy atom. The molecule has 0 atom stereocenters. The van der Waals surface area contributed by atoms with Crippen LogP contribution in [0.4, 0.5) is 5.82 Å². The van der Waals surface area contributed by atoms with Crippen molar-refractivity contribution in [2.24, 2.45) is 0 Å². The predicted molar refractivity (Wildman–Crippen MR) is 84.0 cm³/mol. The number of benzene rings is 1. The molecule has 3 aromatic heterocycles. The van der Waals surface area contributed by atoms with Crippen LogP contribution in [0.2, 0.25) is 0 Å². The monoisotopic (exact) mass is 326 g/mol. The molecule has 0 radical (unpaired) electrons. The number of nitrogens with two attached hydrogens (primary N) is 1. The van der Waals surface area contributed by atoms with Crippen LogP contribution in [-0.2, 0) is 0 Å². The summed E-state index contributed by atoms with van der Waals surface area (Å²) < 4.78 is 6.62. The third-order valence-electron chi connectivity index (χ3n) is 3.15. The number of rotatable bonds is 3. The van der Waals surface area contributed by atoms with E-state index in [-0.39, 0.29) is 17.5 Å². The zero-order valence-electron chi connectivity index (χ0n) is 11.6. The molecule has 3 heterocycles.